The molecule has 15 heavy (non-hydrogen) atoms. The van der Waals surface area contributed by atoms with E-state index in [0.717, 1.165) is 11.2 Å². The van der Waals surface area contributed by atoms with Crippen LogP contribution in [0.2, 0.25) is 0 Å². The summed E-state index contributed by atoms with van der Waals surface area (Å²) in [5.74, 6) is -0.179. The van der Waals surface area contributed by atoms with Crippen molar-refractivity contribution in [1.29, 1.82) is 0 Å². The molecule has 1 saturated heterocycles. The van der Waals surface area contributed by atoms with Gasteiger partial charge >= 0.3 is 0 Å². The number of rotatable bonds is 0. The number of carbonyl (C=O) groups excluding carboxylic acids is 1. The molecule has 5 heteroatoms. The second-order valence-corrected chi connectivity index (χ2v) is 3.79. The predicted octanol–water partition coefficient (Wildman–Crippen LogP) is -0.107. The van der Waals surface area contributed by atoms with Gasteiger partial charge in [0.15, 0.2) is 12.3 Å². The number of hydrogen-bond donors (Lipinski definition) is 1. The highest BCUT2D eigenvalue weighted by molar-refractivity contribution is 5.96. The molecule has 2 aliphatic heterocycles. The minimum absolute atomic E-state index is 0.0485. The summed E-state index contributed by atoms with van der Waals surface area (Å²) in [6.07, 6.45) is 1.89. The summed E-state index contributed by atoms with van der Waals surface area (Å²) in [5, 5.41) is 14.5. The summed E-state index contributed by atoms with van der Waals surface area (Å²) in [4.78, 5) is 11.7. The Labute approximate surface area is 86.2 Å². The number of nitrogens with one attached hydrogen (secondary N) is 1. The quantitative estimate of drug-likeness (QED) is 0.476. The van der Waals surface area contributed by atoms with Crippen LogP contribution in [0, 0.1) is 5.21 Å². The van der Waals surface area contributed by atoms with Crippen molar-refractivity contribution in [2.24, 2.45) is 0 Å². The van der Waals surface area contributed by atoms with Crippen LogP contribution in [0.25, 0.3) is 0 Å². The smallest absolute Gasteiger partial charge is 0.258 e. The number of hydrogen-bond acceptors (Lipinski definition) is 3. The third-order valence-corrected chi connectivity index (χ3v) is 2.92. The molecule has 2 atom stereocenters. The Morgan fingerprint density at radius 1 is 1.60 bits per heavy atom. The van der Waals surface area contributed by atoms with Crippen molar-refractivity contribution in [2.75, 3.05) is 6.61 Å². The van der Waals surface area contributed by atoms with Gasteiger partial charge in [0.1, 0.15) is 5.56 Å². The van der Waals surface area contributed by atoms with Gasteiger partial charge in [0.2, 0.25) is 5.69 Å². The minimum Gasteiger partial charge on any atom is -0.618 e. The Hall–Kier alpha value is -1.62. The zero-order chi connectivity index (χ0) is 10.4. The van der Waals surface area contributed by atoms with Crippen molar-refractivity contribution in [1.82, 2.24) is 5.32 Å². The highest BCUT2D eigenvalue weighted by Gasteiger charge is 2.43. The van der Waals surface area contributed by atoms with Crippen molar-refractivity contribution in [3.63, 3.8) is 0 Å². The first-order valence-electron chi connectivity index (χ1n) is 4.92. The first-order chi connectivity index (χ1) is 7.27. The molecule has 1 aromatic rings. The van der Waals surface area contributed by atoms with Crippen molar-refractivity contribution < 1.29 is 14.3 Å². The Kier molecular flexibility index (Phi) is 1.70. The molecule has 0 saturated carbocycles. The first kappa shape index (κ1) is 8.67. The lowest BCUT2D eigenvalue weighted by molar-refractivity contribution is -0.619. The maximum absolute atomic E-state index is 11.7. The van der Waals surface area contributed by atoms with E-state index in [9.17, 15) is 10.0 Å². The average Bonchev–Trinajstić information content (AvgIpc) is 2.66. The van der Waals surface area contributed by atoms with Gasteiger partial charge in [-0.25, -0.2) is 0 Å². The van der Waals surface area contributed by atoms with E-state index in [1.165, 1.54) is 6.20 Å². The van der Waals surface area contributed by atoms with Gasteiger partial charge in [-0.2, -0.15) is 4.73 Å². The van der Waals surface area contributed by atoms with Crippen molar-refractivity contribution in [3.8, 4) is 0 Å². The maximum Gasteiger partial charge on any atom is 0.258 e. The summed E-state index contributed by atoms with van der Waals surface area (Å²) in [6, 6.07) is 3.17. The summed E-state index contributed by atoms with van der Waals surface area (Å²) in [6.45, 7) is 0.587. The molecular formula is C10H10N2O3. The summed E-state index contributed by atoms with van der Waals surface area (Å²) in [7, 11) is 0. The molecule has 1 amide bonds. The second kappa shape index (κ2) is 2.93. The standard InChI is InChI=1S/C10H10N2O3/c13-10-6-2-1-4-12(14)8(6)9-7(11-10)3-5-15-9/h1-2,4,7,9H,3,5H2,(H,11,13)/t7-,9+/m0/s1. The molecule has 1 aromatic heterocycles. The first-order valence-corrected chi connectivity index (χ1v) is 4.92. The normalized spacial score (nSPS) is 28.1. The zero-order valence-corrected chi connectivity index (χ0v) is 7.97. The van der Waals surface area contributed by atoms with Crippen LogP contribution in [0.1, 0.15) is 28.6 Å². The largest absolute Gasteiger partial charge is 0.618 e. The molecule has 0 spiro atoms. The Bertz CT molecular complexity index is 433. The van der Waals surface area contributed by atoms with Gasteiger partial charge in [-0.05, 0) is 12.5 Å². The molecule has 0 aliphatic carbocycles. The Balaban J connectivity index is 2.19. The van der Waals surface area contributed by atoms with E-state index in [1.807, 2.05) is 0 Å². The van der Waals surface area contributed by atoms with E-state index in [0.29, 0.717) is 17.9 Å². The molecule has 0 aromatic carbocycles. The number of pyridine rings is 1. The lowest BCUT2D eigenvalue weighted by Gasteiger charge is -2.25. The molecule has 3 heterocycles. The van der Waals surface area contributed by atoms with E-state index in [-0.39, 0.29) is 18.1 Å². The average molecular weight is 206 g/mol. The second-order valence-electron chi connectivity index (χ2n) is 3.79. The number of amides is 1. The molecule has 1 N–H and O–H groups in total. The number of fused-ring (bicyclic) bond motifs is 3. The third-order valence-electron chi connectivity index (χ3n) is 2.92. The van der Waals surface area contributed by atoms with Gasteiger partial charge < -0.3 is 15.3 Å². The Morgan fingerprint density at radius 3 is 3.33 bits per heavy atom. The molecular weight excluding hydrogens is 196 g/mol. The van der Waals surface area contributed by atoms with Crippen LogP contribution in [0.5, 0.6) is 0 Å². The van der Waals surface area contributed by atoms with Gasteiger partial charge in [-0.3, -0.25) is 4.79 Å². The van der Waals surface area contributed by atoms with E-state index >= 15 is 0 Å². The van der Waals surface area contributed by atoms with E-state index in [1.54, 1.807) is 12.1 Å². The molecule has 3 rings (SSSR count). The lowest BCUT2D eigenvalue weighted by Crippen LogP contribution is -2.48. The van der Waals surface area contributed by atoms with Gasteiger partial charge in [0.05, 0.1) is 6.04 Å². The highest BCUT2D eigenvalue weighted by atomic mass is 16.5. The molecule has 0 unspecified atom stereocenters. The molecule has 0 radical (unpaired) electrons. The molecule has 78 valence electrons. The van der Waals surface area contributed by atoms with Crippen molar-refractivity contribution >= 4 is 5.91 Å². The van der Waals surface area contributed by atoms with Gasteiger partial charge in [0, 0.05) is 12.7 Å². The van der Waals surface area contributed by atoms with Crippen LogP contribution < -0.4 is 10.0 Å². The van der Waals surface area contributed by atoms with Crippen molar-refractivity contribution in [2.45, 2.75) is 18.6 Å². The fourth-order valence-corrected chi connectivity index (χ4v) is 2.23. The number of ether oxygens (including phenoxy) is 1. The highest BCUT2D eigenvalue weighted by Crippen LogP contribution is 2.32. The summed E-state index contributed by atoms with van der Waals surface area (Å²) >= 11 is 0. The van der Waals surface area contributed by atoms with Crippen LogP contribution in [0.4, 0.5) is 0 Å². The third kappa shape index (κ3) is 1.13. The lowest BCUT2D eigenvalue weighted by atomic mass is 9.97. The Morgan fingerprint density at radius 2 is 2.47 bits per heavy atom. The topological polar surface area (TPSA) is 65.3 Å². The van der Waals surface area contributed by atoms with Gasteiger partial charge in [-0.1, -0.05) is 0 Å². The monoisotopic (exact) mass is 206 g/mol. The number of nitrogens with zero attached hydrogens (tertiary/aromatic N) is 1. The van der Waals surface area contributed by atoms with E-state index < -0.39 is 0 Å². The van der Waals surface area contributed by atoms with E-state index in [2.05, 4.69) is 5.32 Å². The van der Waals surface area contributed by atoms with Crippen LogP contribution in [-0.4, -0.2) is 18.6 Å². The van der Waals surface area contributed by atoms with Crippen LogP contribution in [0.3, 0.4) is 0 Å². The van der Waals surface area contributed by atoms with Crippen molar-refractivity contribution in [3.05, 3.63) is 34.8 Å². The number of aromatic nitrogens is 1. The molecule has 0 bridgehead atoms. The molecule has 2 aliphatic rings. The molecule has 1 fully saturated rings. The zero-order valence-electron chi connectivity index (χ0n) is 7.97. The number of carbonyl (C=O) groups is 1. The maximum atomic E-state index is 11.7. The minimum atomic E-state index is -0.281. The molecule has 5 nitrogen and oxygen atoms in total. The van der Waals surface area contributed by atoms with E-state index in [4.69, 9.17) is 4.74 Å². The summed E-state index contributed by atoms with van der Waals surface area (Å²) in [5.41, 5.74) is 0.874. The van der Waals surface area contributed by atoms with Crippen LogP contribution in [-0.2, 0) is 4.74 Å². The summed E-state index contributed by atoms with van der Waals surface area (Å²) < 4.78 is 6.21. The van der Waals surface area contributed by atoms with Crippen LogP contribution in [0.15, 0.2) is 18.3 Å². The predicted molar refractivity (Wildman–Crippen MR) is 50.0 cm³/mol. The van der Waals surface area contributed by atoms with Gasteiger partial charge in [-0.15, -0.1) is 0 Å². The fraction of sp³-hybridized carbons (Fsp3) is 0.400. The van der Waals surface area contributed by atoms with Gasteiger partial charge in [0.25, 0.3) is 5.91 Å². The fourth-order valence-electron chi connectivity index (χ4n) is 2.23. The van der Waals surface area contributed by atoms with Crippen LogP contribution >= 0.6 is 0 Å². The SMILES string of the molecule is O=C1N[C@H]2CCO[C@H]2c2c1ccc[n+]2[O-].